The zero-order valence-corrected chi connectivity index (χ0v) is 15.5. The lowest BCUT2D eigenvalue weighted by molar-refractivity contribution is 0.0703. The van der Waals surface area contributed by atoms with Crippen molar-refractivity contribution in [1.29, 1.82) is 5.26 Å². The number of aromatic nitrogens is 3. The molecule has 2 heterocycles. The molecule has 7 heteroatoms. The molecular formula is C19H24N6O. The van der Waals surface area contributed by atoms with E-state index in [0.717, 1.165) is 31.0 Å². The third-order valence-corrected chi connectivity index (χ3v) is 4.81. The summed E-state index contributed by atoms with van der Waals surface area (Å²) in [6.45, 7) is 2.04. The minimum Gasteiger partial charge on any atom is -0.338 e. The number of carbonyl (C=O) groups is 1. The van der Waals surface area contributed by atoms with Gasteiger partial charge in [-0.25, -0.2) is 0 Å². The fourth-order valence-electron chi connectivity index (χ4n) is 3.46. The third kappa shape index (κ3) is 3.60. The lowest BCUT2D eigenvalue weighted by Crippen LogP contribution is -2.40. The summed E-state index contributed by atoms with van der Waals surface area (Å²) < 4.78 is 2.04. The number of hydrogen-bond acceptors (Lipinski definition) is 5. The Morgan fingerprint density at radius 3 is 2.85 bits per heavy atom. The summed E-state index contributed by atoms with van der Waals surface area (Å²) in [4.78, 5) is 16.8. The van der Waals surface area contributed by atoms with Crippen molar-refractivity contribution in [2.24, 2.45) is 7.05 Å². The Bertz CT molecular complexity index is 835. The molecular weight excluding hydrogens is 328 g/mol. The number of likely N-dealkylation sites (tertiary alicyclic amines) is 1. The molecule has 2 aromatic rings. The SMILES string of the molecule is CN(C)Cc1nnc([C@@H]2CCCN(C(=O)c3ccccc3C#N)C2)n1C. The first kappa shape index (κ1) is 18.1. The van der Waals surface area contributed by atoms with Gasteiger partial charge in [-0.15, -0.1) is 10.2 Å². The maximum atomic E-state index is 12.9. The molecule has 0 saturated carbocycles. The Kier molecular flexibility index (Phi) is 5.33. The van der Waals surface area contributed by atoms with Gasteiger partial charge in [-0.3, -0.25) is 4.79 Å². The predicted molar refractivity (Wildman–Crippen MR) is 97.4 cm³/mol. The Hall–Kier alpha value is -2.72. The molecule has 1 fully saturated rings. The van der Waals surface area contributed by atoms with E-state index in [-0.39, 0.29) is 11.8 Å². The van der Waals surface area contributed by atoms with Crippen LogP contribution in [0.4, 0.5) is 0 Å². The topological polar surface area (TPSA) is 78.1 Å². The maximum absolute atomic E-state index is 12.9. The fraction of sp³-hybridized carbons (Fsp3) is 0.474. The van der Waals surface area contributed by atoms with E-state index in [1.807, 2.05) is 30.6 Å². The largest absolute Gasteiger partial charge is 0.338 e. The van der Waals surface area contributed by atoms with Crippen molar-refractivity contribution < 1.29 is 4.79 Å². The van der Waals surface area contributed by atoms with E-state index in [0.29, 0.717) is 24.2 Å². The van der Waals surface area contributed by atoms with Crippen LogP contribution in [0.2, 0.25) is 0 Å². The highest BCUT2D eigenvalue weighted by Crippen LogP contribution is 2.27. The van der Waals surface area contributed by atoms with Crippen LogP contribution in [0.5, 0.6) is 0 Å². The van der Waals surface area contributed by atoms with Crippen LogP contribution in [0.15, 0.2) is 24.3 Å². The average molecular weight is 352 g/mol. The van der Waals surface area contributed by atoms with Crippen molar-refractivity contribution >= 4 is 5.91 Å². The molecule has 0 bridgehead atoms. The number of rotatable bonds is 4. The lowest BCUT2D eigenvalue weighted by atomic mass is 9.96. The van der Waals surface area contributed by atoms with E-state index < -0.39 is 0 Å². The van der Waals surface area contributed by atoms with Gasteiger partial charge in [0, 0.05) is 26.1 Å². The van der Waals surface area contributed by atoms with Crippen molar-refractivity contribution in [3.8, 4) is 6.07 Å². The van der Waals surface area contributed by atoms with Crippen LogP contribution in [0.3, 0.4) is 0 Å². The van der Waals surface area contributed by atoms with E-state index in [2.05, 4.69) is 21.2 Å². The minimum absolute atomic E-state index is 0.0810. The Labute approximate surface area is 153 Å². The van der Waals surface area contributed by atoms with Crippen LogP contribution in [0.25, 0.3) is 0 Å². The smallest absolute Gasteiger partial charge is 0.255 e. The molecule has 1 aromatic carbocycles. The molecule has 0 aliphatic carbocycles. The molecule has 7 nitrogen and oxygen atoms in total. The van der Waals surface area contributed by atoms with Crippen LogP contribution in [0.1, 0.15) is 46.3 Å². The first-order valence-electron chi connectivity index (χ1n) is 8.82. The van der Waals surface area contributed by atoms with Gasteiger partial charge in [0.2, 0.25) is 0 Å². The zero-order chi connectivity index (χ0) is 18.7. The van der Waals surface area contributed by atoms with Gasteiger partial charge in [-0.2, -0.15) is 5.26 Å². The van der Waals surface area contributed by atoms with Gasteiger partial charge in [0.1, 0.15) is 11.6 Å². The molecule has 0 radical (unpaired) electrons. The second-order valence-electron chi connectivity index (χ2n) is 7.02. The molecule has 136 valence electrons. The first-order valence-corrected chi connectivity index (χ1v) is 8.82. The van der Waals surface area contributed by atoms with E-state index in [4.69, 9.17) is 0 Å². The predicted octanol–water partition coefficient (Wildman–Crippen LogP) is 1.77. The van der Waals surface area contributed by atoms with Crippen LogP contribution in [-0.4, -0.2) is 57.7 Å². The molecule has 0 N–H and O–H groups in total. The molecule has 3 rings (SSSR count). The maximum Gasteiger partial charge on any atom is 0.255 e. The molecule has 1 saturated heterocycles. The molecule has 0 spiro atoms. The molecule has 1 atom stereocenters. The van der Waals surface area contributed by atoms with Crippen molar-refractivity contribution in [3.05, 3.63) is 47.0 Å². The van der Waals surface area contributed by atoms with Crippen molar-refractivity contribution in [2.75, 3.05) is 27.2 Å². The van der Waals surface area contributed by atoms with E-state index >= 15 is 0 Å². The Morgan fingerprint density at radius 1 is 1.35 bits per heavy atom. The van der Waals surface area contributed by atoms with Gasteiger partial charge in [0.25, 0.3) is 5.91 Å². The molecule has 1 aromatic heterocycles. The monoisotopic (exact) mass is 352 g/mol. The van der Waals surface area contributed by atoms with Crippen molar-refractivity contribution in [1.82, 2.24) is 24.6 Å². The van der Waals surface area contributed by atoms with E-state index in [1.165, 1.54) is 0 Å². The zero-order valence-electron chi connectivity index (χ0n) is 15.5. The molecule has 0 unspecified atom stereocenters. The van der Waals surface area contributed by atoms with Crippen LogP contribution >= 0.6 is 0 Å². The quantitative estimate of drug-likeness (QED) is 0.838. The summed E-state index contributed by atoms with van der Waals surface area (Å²) in [5, 5.41) is 18.0. The van der Waals surface area contributed by atoms with Gasteiger partial charge >= 0.3 is 0 Å². The third-order valence-electron chi connectivity index (χ3n) is 4.81. The molecule has 1 aliphatic rings. The van der Waals surface area contributed by atoms with Gasteiger partial charge < -0.3 is 14.4 Å². The Balaban J connectivity index is 1.79. The van der Waals surface area contributed by atoms with Crippen LogP contribution in [-0.2, 0) is 13.6 Å². The number of benzene rings is 1. The van der Waals surface area contributed by atoms with Gasteiger partial charge in [0.05, 0.1) is 23.7 Å². The summed E-state index contributed by atoms with van der Waals surface area (Å²) in [5.74, 6) is 1.93. The number of hydrogen-bond donors (Lipinski definition) is 0. The lowest BCUT2D eigenvalue weighted by Gasteiger charge is -2.32. The first-order chi connectivity index (χ1) is 12.5. The second-order valence-corrected chi connectivity index (χ2v) is 7.02. The number of carbonyl (C=O) groups excluding carboxylic acids is 1. The normalized spacial score (nSPS) is 17.3. The van der Waals surface area contributed by atoms with Crippen molar-refractivity contribution in [2.45, 2.75) is 25.3 Å². The number of piperidine rings is 1. The number of amides is 1. The van der Waals surface area contributed by atoms with Gasteiger partial charge in [-0.05, 0) is 39.1 Å². The summed E-state index contributed by atoms with van der Waals surface area (Å²) >= 11 is 0. The fourth-order valence-corrected chi connectivity index (χ4v) is 3.46. The highest BCUT2D eigenvalue weighted by atomic mass is 16.2. The minimum atomic E-state index is -0.0810. The van der Waals surface area contributed by atoms with Crippen LogP contribution in [0, 0.1) is 11.3 Å². The second kappa shape index (κ2) is 7.67. The highest BCUT2D eigenvalue weighted by molar-refractivity contribution is 5.96. The summed E-state index contributed by atoms with van der Waals surface area (Å²) in [5.41, 5.74) is 0.897. The molecule has 26 heavy (non-hydrogen) atoms. The summed E-state index contributed by atoms with van der Waals surface area (Å²) in [6, 6.07) is 9.10. The van der Waals surface area contributed by atoms with Gasteiger partial charge in [-0.1, -0.05) is 12.1 Å². The number of nitrogens with zero attached hydrogens (tertiary/aromatic N) is 6. The van der Waals surface area contributed by atoms with E-state index in [9.17, 15) is 10.1 Å². The van der Waals surface area contributed by atoms with Crippen LogP contribution < -0.4 is 0 Å². The standard InChI is InChI=1S/C19H24N6O/c1-23(2)13-17-21-22-18(24(17)3)15-8-6-10-25(12-15)19(26)16-9-5-4-7-14(16)11-20/h4-5,7,9,15H,6,8,10,12-13H2,1-3H3/t15-/m1/s1. The average Bonchev–Trinajstić information content (AvgIpc) is 3.01. The molecule has 1 aliphatic heterocycles. The molecule has 1 amide bonds. The number of nitriles is 1. The van der Waals surface area contributed by atoms with Crippen molar-refractivity contribution in [3.63, 3.8) is 0 Å². The van der Waals surface area contributed by atoms with E-state index in [1.54, 1.807) is 24.3 Å². The van der Waals surface area contributed by atoms with Gasteiger partial charge in [0.15, 0.2) is 0 Å². The highest BCUT2D eigenvalue weighted by Gasteiger charge is 2.29. The Morgan fingerprint density at radius 2 is 2.12 bits per heavy atom. The summed E-state index contributed by atoms with van der Waals surface area (Å²) in [6.07, 6.45) is 1.90. The summed E-state index contributed by atoms with van der Waals surface area (Å²) in [7, 11) is 5.99.